The van der Waals surface area contributed by atoms with Crippen LogP contribution in [0, 0.1) is 0 Å². The van der Waals surface area contributed by atoms with Crippen molar-refractivity contribution < 1.29 is 19.4 Å². The Morgan fingerprint density at radius 2 is 1.93 bits per heavy atom. The summed E-state index contributed by atoms with van der Waals surface area (Å²) >= 11 is 1.32. The van der Waals surface area contributed by atoms with E-state index in [4.69, 9.17) is 4.74 Å². The molecule has 1 saturated heterocycles. The summed E-state index contributed by atoms with van der Waals surface area (Å²) in [5.41, 5.74) is 1.73. The number of amidine groups is 1. The van der Waals surface area contributed by atoms with Gasteiger partial charge in [0.1, 0.15) is 12.4 Å². The van der Waals surface area contributed by atoms with Crippen molar-refractivity contribution in [3.63, 3.8) is 0 Å². The van der Waals surface area contributed by atoms with Crippen molar-refractivity contribution in [2.45, 2.75) is 6.61 Å². The van der Waals surface area contributed by atoms with Gasteiger partial charge in [0.25, 0.3) is 5.91 Å². The molecule has 1 fully saturated rings. The predicted octanol–water partition coefficient (Wildman–Crippen LogP) is 2.16. The largest absolute Gasteiger partial charge is 0.545 e. The van der Waals surface area contributed by atoms with Crippen molar-refractivity contribution in [3.05, 3.63) is 70.1 Å². The van der Waals surface area contributed by atoms with E-state index in [1.54, 1.807) is 32.3 Å². The lowest BCUT2D eigenvalue weighted by Crippen LogP contribution is -2.23. The third-order valence-electron chi connectivity index (χ3n) is 3.98. The fourth-order valence-corrected chi connectivity index (χ4v) is 3.44. The van der Waals surface area contributed by atoms with Crippen LogP contribution < -0.4 is 9.84 Å². The summed E-state index contributed by atoms with van der Waals surface area (Å²) in [5, 5.41) is 11.5. The Bertz CT molecular complexity index is 935. The number of aliphatic imine (C=N–C) groups is 1. The molecule has 0 radical (unpaired) electrons. The van der Waals surface area contributed by atoms with Gasteiger partial charge in [0, 0.05) is 19.7 Å². The molecule has 1 amide bonds. The molecule has 0 saturated carbocycles. The van der Waals surface area contributed by atoms with Gasteiger partial charge in [0.15, 0.2) is 5.17 Å². The Morgan fingerprint density at radius 1 is 1.22 bits per heavy atom. The normalized spacial score (nSPS) is 17.0. The number of para-hydroxylation sites is 1. The van der Waals surface area contributed by atoms with Crippen molar-refractivity contribution in [3.8, 4) is 5.75 Å². The van der Waals surface area contributed by atoms with Crippen LogP contribution in [0.3, 0.4) is 0 Å². The standard InChI is InChI=1S/C20H18N2O4S/c1-21-20-22(2)18(23)17(27-20)11-15-5-3-4-6-16(15)26-12-13-7-9-14(10-8-13)19(24)25/h3-11H,12H2,1-2H3,(H,24,25)/p-1/b17-11-,21-20?. The zero-order chi connectivity index (χ0) is 19.4. The van der Waals surface area contributed by atoms with Gasteiger partial charge in [-0.3, -0.25) is 14.7 Å². The van der Waals surface area contributed by atoms with Crippen LogP contribution in [0.25, 0.3) is 6.08 Å². The number of rotatable bonds is 5. The van der Waals surface area contributed by atoms with Gasteiger partial charge >= 0.3 is 0 Å². The Balaban J connectivity index is 1.77. The maximum absolute atomic E-state index is 12.3. The number of carbonyl (C=O) groups is 2. The quantitative estimate of drug-likeness (QED) is 0.742. The minimum absolute atomic E-state index is 0.103. The Kier molecular flexibility index (Phi) is 5.61. The van der Waals surface area contributed by atoms with Crippen LogP contribution in [0.15, 0.2) is 58.4 Å². The molecule has 0 aromatic heterocycles. The van der Waals surface area contributed by atoms with Crippen molar-refractivity contribution in [2.75, 3.05) is 14.1 Å². The minimum Gasteiger partial charge on any atom is -0.545 e. The zero-order valence-electron chi connectivity index (χ0n) is 14.8. The van der Waals surface area contributed by atoms with Crippen LogP contribution in [0.4, 0.5) is 0 Å². The van der Waals surface area contributed by atoms with Gasteiger partial charge < -0.3 is 14.6 Å². The lowest BCUT2D eigenvalue weighted by atomic mass is 10.1. The first-order valence-electron chi connectivity index (χ1n) is 8.16. The van der Waals surface area contributed by atoms with Gasteiger partial charge in [0.05, 0.1) is 10.9 Å². The van der Waals surface area contributed by atoms with Crippen LogP contribution >= 0.6 is 11.8 Å². The number of ether oxygens (including phenoxy) is 1. The van der Waals surface area contributed by atoms with Gasteiger partial charge in [-0.15, -0.1) is 0 Å². The highest BCUT2D eigenvalue weighted by atomic mass is 32.2. The molecule has 27 heavy (non-hydrogen) atoms. The van der Waals surface area contributed by atoms with Crippen LogP contribution in [-0.4, -0.2) is 36.0 Å². The summed E-state index contributed by atoms with van der Waals surface area (Å²) in [6.45, 7) is 0.274. The Morgan fingerprint density at radius 3 is 2.56 bits per heavy atom. The molecule has 0 aliphatic carbocycles. The van der Waals surface area contributed by atoms with Gasteiger partial charge in [-0.25, -0.2) is 0 Å². The van der Waals surface area contributed by atoms with E-state index in [1.165, 1.54) is 28.8 Å². The molecule has 3 rings (SSSR count). The topological polar surface area (TPSA) is 82.0 Å². The fraction of sp³-hybridized carbons (Fsp3) is 0.150. The average Bonchev–Trinajstić information content (AvgIpc) is 2.95. The second kappa shape index (κ2) is 8.09. The van der Waals surface area contributed by atoms with E-state index in [0.717, 1.165) is 11.1 Å². The summed E-state index contributed by atoms with van der Waals surface area (Å²) in [5.74, 6) is -0.682. The van der Waals surface area contributed by atoms with Gasteiger partial charge in [-0.1, -0.05) is 42.5 Å². The highest BCUT2D eigenvalue weighted by Gasteiger charge is 2.29. The molecule has 1 aliphatic heterocycles. The molecule has 0 spiro atoms. The molecule has 138 valence electrons. The Labute approximate surface area is 161 Å². The minimum atomic E-state index is -1.21. The van der Waals surface area contributed by atoms with Crippen molar-refractivity contribution >= 4 is 34.9 Å². The molecular formula is C20H17N2O4S-. The monoisotopic (exact) mass is 381 g/mol. The smallest absolute Gasteiger partial charge is 0.266 e. The number of hydrogen-bond donors (Lipinski definition) is 0. The Hall–Kier alpha value is -3.06. The van der Waals surface area contributed by atoms with E-state index in [-0.39, 0.29) is 18.1 Å². The van der Waals surface area contributed by atoms with Crippen molar-refractivity contribution in [2.24, 2.45) is 4.99 Å². The summed E-state index contributed by atoms with van der Waals surface area (Å²) in [6.07, 6.45) is 1.79. The first-order valence-corrected chi connectivity index (χ1v) is 8.97. The predicted molar refractivity (Wildman–Crippen MR) is 103 cm³/mol. The van der Waals surface area contributed by atoms with Crippen LogP contribution in [-0.2, 0) is 11.4 Å². The first kappa shape index (κ1) is 18.7. The molecule has 7 heteroatoms. The average molecular weight is 381 g/mol. The van der Waals surface area contributed by atoms with E-state index in [1.807, 2.05) is 24.3 Å². The number of hydrogen-bond acceptors (Lipinski definition) is 6. The van der Waals surface area contributed by atoms with E-state index >= 15 is 0 Å². The highest BCUT2D eigenvalue weighted by Crippen LogP contribution is 2.33. The summed E-state index contributed by atoms with van der Waals surface area (Å²) in [6, 6.07) is 13.8. The molecule has 0 N–H and O–H groups in total. The molecule has 0 bridgehead atoms. The molecule has 0 atom stereocenters. The third-order valence-corrected chi connectivity index (χ3v) is 5.14. The molecule has 0 unspecified atom stereocenters. The van der Waals surface area contributed by atoms with Gasteiger partial charge in [-0.05, 0) is 35.0 Å². The number of aromatic carboxylic acids is 1. The van der Waals surface area contributed by atoms with E-state index in [2.05, 4.69) is 4.99 Å². The number of nitrogens with zero attached hydrogens (tertiary/aromatic N) is 2. The van der Waals surface area contributed by atoms with Crippen LogP contribution in [0.1, 0.15) is 21.5 Å². The molecule has 1 heterocycles. The SMILES string of the molecule is CN=C1S/C(=C\c2ccccc2OCc2ccc(C(=O)[O-])cc2)C(=O)N1C. The zero-order valence-corrected chi connectivity index (χ0v) is 15.7. The van der Waals surface area contributed by atoms with Crippen LogP contribution in [0.5, 0.6) is 5.75 Å². The lowest BCUT2D eigenvalue weighted by molar-refractivity contribution is -0.255. The van der Waals surface area contributed by atoms with Crippen molar-refractivity contribution in [1.82, 2.24) is 4.90 Å². The third kappa shape index (κ3) is 4.20. The number of likely N-dealkylation sites (N-methyl/N-ethyl adjacent to an activating group) is 1. The first-order chi connectivity index (χ1) is 13.0. The second-order valence-electron chi connectivity index (χ2n) is 5.79. The fourth-order valence-electron chi connectivity index (χ4n) is 2.52. The van der Waals surface area contributed by atoms with Crippen molar-refractivity contribution in [1.29, 1.82) is 0 Å². The molecule has 2 aromatic rings. The van der Waals surface area contributed by atoms with E-state index in [0.29, 0.717) is 15.8 Å². The molecule has 2 aromatic carbocycles. The number of carbonyl (C=O) groups excluding carboxylic acids is 2. The van der Waals surface area contributed by atoms with E-state index in [9.17, 15) is 14.7 Å². The molecular weight excluding hydrogens is 364 g/mol. The summed E-state index contributed by atoms with van der Waals surface area (Å²) in [7, 11) is 3.34. The van der Waals surface area contributed by atoms with E-state index < -0.39 is 5.97 Å². The number of carboxylic acids is 1. The van der Waals surface area contributed by atoms with Gasteiger partial charge in [0.2, 0.25) is 0 Å². The number of amides is 1. The molecule has 6 nitrogen and oxygen atoms in total. The second-order valence-corrected chi connectivity index (χ2v) is 6.80. The number of benzene rings is 2. The number of carboxylic acid groups (broad SMARTS) is 1. The summed E-state index contributed by atoms with van der Waals surface area (Å²) in [4.78, 5) is 29.3. The summed E-state index contributed by atoms with van der Waals surface area (Å²) < 4.78 is 5.88. The number of thioether (sulfide) groups is 1. The van der Waals surface area contributed by atoms with Gasteiger partial charge in [-0.2, -0.15) is 0 Å². The maximum atomic E-state index is 12.3. The maximum Gasteiger partial charge on any atom is 0.266 e. The highest BCUT2D eigenvalue weighted by molar-refractivity contribution is 8.18. The molecule has 1 aliphatic rings. The lowest BCUT2D eigenvalue weighted by Gasteiger charge is -2.10. The van der Waals surface area contributed by atoms with Crippen LogP contribution in [0.2, 0.25) is 0 Å².